The predicted molar refractivity (Wildman–Crippen MR) is 50.3 cm³/mol. The molecule has 0 aliphatic carbocycles. The molecule has 0 N–H and O–H groups in total. The number of rotatable bonds is 1. The summed E-state index contributed by atoms with van der Waals surface area (Å²) in [7, 11) is 0. The standard InChI is InChI=1S/C11H13F3/c1-7(2)9-6-8(3)4-5-10(9)11(12,13)14/h4-7H,1-3H3. The molecule has 0 unspecified atom stereocenters. The van der Waals surface area contributed by atoms with Crippen molar-refractivity contribution < 1.29 is 13.2 Å². The predicted octanol–water partition coefficient (Wildman–Crippen LogP) is 4.14. The Bertz CT molecular complexity index is 324. The Hall–Kier alpha value is -0.990. The van der Waals surface area contributed by atoms with Gasteiger partial charge in [0.25, 0.3) is 0 Å². The van der Waals surface area contributed by atoms with Gasteiger partial charge < -0.3 is 0 Å². The summed E-state index contributed by atoms with van der Waals surface area (Å²) in [6.45, 7) is 5.33. The molecule has 1 aromatic carbocycles. The van der Waals surface area contributed by atoms with Crippen molar-refractivity contribution in [1.82, 2.24) is 0 Å². The van der Waals surface area contributed by atoms with Crippen molar-refractivity contribution in [2.24, 2.45) is 0 Å². The fourth-order valence-corrected chi connectivity index (χ4v) is 1.42. The first kappa shape index (κ1) is 11.1. The molecule has 0 saturated carbocycles. The van der Waals surface area contributed by atoms with Crippen LogP contribution in [0, 0.1) is 6.92 Å². The van der Waals surface area contributed by atoms with E-state index >= 15 is 0 Å². The number of hydrogen-bond donors (Lipinski definition) is 0. The van der Waals surface area contributed by atoms with E-state index in [-0.39, 0.29) is 5.92 Å². The van der Waals surface area contributed by atoms with Crippen molar-refractivity contribution in [3.8, 4) is 0 Å². The van der Waals surface area contributed by atoms with Crippen LogP contribution in [0.25, 0.3) is 0 Å². The van der Waals surface area contributed by atoms with E-state index in [0.717, 1.165) is 11.6 Å². The molecular formula is C11H13F3. The summed E-state index contributed by atoms with van der Waals surface area (Å²) in [4.78, 5) is 0. The van der Waals surface area contributed by atoms with Crippen LogP contribution >= 0.6 is 0 Å². The summed E-state index contributed by atoms with van der Waals surface area (Å²) in [6.07, 6.45) is -4.24. The number of alkyl halides is 3. The zero-order chi connectivity index (χ0) is 10.9. The highest BCUT2D eigenvalue weighted by Gasteiger charge is 2.33. The normalized spacial score (nSPS) is 12.2. The van der Waals surface area contributed by atoms with Gasteiger partial charge in [-0.25, -0.2) is 0 Å². The van der Waals surface area contributed by atoms with Crippen molar-refractivity contribution in [1.29, 1.82) is 0 Å². The van der Waals surface area contributed by atoms with Crippen molar-refractivity contribution in [2.45, 2.75) is 32.9 Å². The van der Waals surface area contributed by atoms with E-state index in [9.17, 15) is 13.2 Å². The zero-order valence-electron chi connectivity index (χ0n) is 8.44. The maximum Gasteiger partial charge on any atom is 0.416 e. The van der Waals surface area contributed by atoms with Crippen molar-refractivity contribution in [2.75, 3.05) is 0 Å². The Morgan fingerprint density at radius 3 is 2.14 bits per heavy atom. The van der Waals surface area contributed by atoms with E-state index in [1.54, 1.807) is 26.8 Å². The molecule has 0 radical (unpaired) electrons. The fourth-order valence-electron chi connectivity index (χ4n) is 1.42. The Morgan fingerprint density at radius 1 is 1.14 bits per heavy atom. The number of hydrogen-bond acceptors (Lipinski definition) is 0. The first-order chi connectivity index (χ1) is 6.32. The second kappa shape index (κ2) is 3.64. The molecule has 1 aromatic rings. The van der Waals surface area contributed by atoms with Crippen LogP contribution < -0.4 is 0 Å². The summed E-state index contributed by atoms with van der Waals surface area (Å²) in [5, 5.41) is 0. The number of halogens is 3. The van der Waals surface area contributed by atoms with Crippen LogP contribution in [-0.2, 0) is 6.18 Å². The first-order valence-electron chi connectivity index (χ1n) is 4.50. The SMILES string of the molecule is Cc1ccc(C(F)(F)F)c(C(C)C)c1. The maximum atomic E-state index is 12.5. The Labute approximate surface area is 81.8 Å². The zero-order valence-corrected chi connectivity index (χ0v) is 8.44. The first-order valence-corrected chi connectivity index (χ1v) is 4.50. The molecular weight excluding hydrogens is 189 g/mol. The molecule has 1 rings (SSSR count). The molecule has 78 valence electrons. The van der Waals surface area contributed by atoms with Crippen LogP contribution in [-0.4, -0.2) is 0 Å². The molecule has 0 bridgehead atoms. The molecule has 0 amide bonds. The van der Waals surface area contributed by atoms with Gasteiger partial charge in [-0.15, -0.1) is 0 Å². The topological polar surface area (TPSA) is 0 Å². The minimum absolute atomic E-state index is 0.105. The van der Waals surface area contributed by atoms with E-state index in [4.69, 9.17) is 0 Å². The average molecular weight is 202 g/mol. The van der Waals surface area contributed by atoms with Crippen LogP contribution in [0.15, 0.2) is 18.2 Å². The third-order valence-electron chi connectivity index (χ3n) is 2.13. The molecule has 0 heterocycles. The molecule has 14 heavy (non-hydrogen) atoms. The van der Waals surface area contributed by atoms with Gasteiger partial charge in [0.05, 0.1) is 5.56 Å². The number of benzene rings is 1. The lowest BCUT2D eigenvalue weighted by molar-refractivity contribution is -0.138. The van der Waals surface area contributed by atoms with Gasteiger partial charge in [0, 0.05) is 0 Å². The van der Waals surface area contributed by atoms with Crippen LogP contribution in [0.1, 0.15) is 36.5 Å². The summed E-state index contributed by atoms with van der Waals surface area (Å²) >= 11 is 0. The molecule has 0 nitrogen and oxygen atoms in total. The van der Waals surface area contributed by atoms with Crippen molar-refractivity contribution in [3.05, 3.63) is 34.9 Å². The monoisotopic (exact) mass is 202 g/mol. The second-order valence-corrected chi connectivity index (χ2v) is 3.74. The van der Waals surface area contributed by atoms with Crippen LogP contribution in [0.3, 0.4) is 0 Å². The van der Waals surface area contributed by atoms with E-state index in [1.807, 2.05) is 0 Å². The molecule has 3 heteroatoms. The molecule has 0 saturated heterocycles. The minimum atomic E-state index is -4.24. The highest BCUT2D eigenvalue weighted by molar-refractivity contribution is 5.35. The van der Waals surface area contributed by atoms with Gasteiger partial charge in [0.15, 0.2) is 0 Å². The van der Waals surface area contributed by atoms with E-state index in [0.29, 0.717) is 5.56 Å². The largest absolute Gasteiger partial charge is 0.416 e. The lowest BCUT2D eigenvalue weighted by Crippen LogP contribution is -2.10. The van der Waals surface area contributed by atoms with Crippen LogP contribution in [0.2, 0.25) is 0 Å². The summed E-state index contributed by atoms with van der Waals surface area (Å²) in [5.74, 6) is -0.105. The molecule has 0 aromatic heterocycles. The van der Waals surface area contributed by atoms with Crippen LogP contribution in [0.4, 0.5) is 13.2 Å². The smallest absolute Gasteiger partial charge is 0.166 e. The fraction of sp³-hybridized carbons (Fsp3) is 0.455. The third kappa shape index (κ3) is 2.28. The molecule has 0 aliphatic rings. The Morgan fingerprint density at radius 2 is 1.71 bits per heavy atom. The lowest BCUT2D eigenvalue weighted by atomic mass is 9.95. The van der Waals surface area contributed by atoms with Gasteiger partial charge in [0.2, 0.25) is 0 Å². The maximum absolute atomic E-state index is 12.5. The van der Waals surface area contributed by atoms with Crippen LogP contribution in [0.5, 0.6) is 0 Å². The van der Waals surface area contributed by atoms with E-state index < -0.39 is 11.7 Å². The van der Waals surface area contributed by atoms with Gasteiger partial charge in [0.1, 0.15) is 0 Å². The van der Waals surface area contributed by atoms with Gasteiger partial charge in [-0.05, 0) is 24.5 Å². The summed E-state index contributed by atoms with van der Waals surface area (Å²) in [5.41, 5.74) is 0.720. The molecule has 0 spiro atoms. The second-order valence-electron chi connectivity index (χ2n) is 3.74. The van der Waals surface area contributed by atoms with Crippen molar-refractivity contribution >= 4 is 0 Å². The minimum Gasteiger partial charge on any atom is -0.166 e. The number of aryl methyl sites for hydroxylation is 1. The third-order valence-corrected chi connectivity index (χ3v) is 2.13. The van der Waals surface area contributed by atoms with E-state index in [1.165, 1.54) is 6.07 Å². The van der Waals surface area contributed by atoms with Gasteiger partial charge >= 0.3 is 6.18 Å². The highest BCUT2D eigenvalue weighted by atomic mass is 19.4. The summed E-state index contributed by atoms with van der Waals surface area (Å²) < 4.78 is 37.6. The van der Waals surface area contributed by atoms with E-state index in [2.05, 4.69) is 0 Å². The molecule has 0 atom stereocenters. The Balaban J connectivity index is 3.29. The van der Waals surface area contributed by atoms with Gasteiger partial charge in [-0.1, -0.05) is 31.5 Å². The van der Waals surface area contributed by atoms with Crippen molar-refractivity contribution in [3.63, 3.8) is 0 Å². The van der Waals surface area contributed by atoms with Gasteiger partial charge in [-0.3, -0.25) is 0 Å². The molecule has 0 aliphatic heterocycles. The lowest BCUT2D eigenvalue weighted by Gasteiger charge is -2.15. The average Bonchev–Trinajstić information content (AvgIpc) is 2.01. The Kier molecular flexibility index (Phi) is 2.88. The quantitative estimate of drug-likeness (QED) is 0.642. The summed E-state index contributed by atoms with van der Waals surface area (Å²) in [6, 6.07) is 4.26. The van der Waals surface area contributed by atoms with Gasteiger partial charge in [-0.2, -0.15) is 13.2 Å². The molecule has 0 fully saturated rings. The highest BCUT2D eigenvalue weighted by Crippen LogP contribution is 2.35.